The van der Waals surface area contributed by atoms with Crippen LogP contribution < -0.4 is 45.7 Å². The van der Waals surface area contributed by atoms with Crippen molar-refractivity contribution in [2.75, 3.05) is 0 Å². The second-order valence-electron chi connectivity index (χ2n) is 17.1. The van der Waals surface area contributed by atoms with Crippen LogP contribution in [0.3, 0.4) is 0 Å². The van der Waals surface area contributed by atoms with E-state index in [-0.39, 0.29) is 64.3 Å². The number of alkyl halides is 12. The quantitative estimate of drug-likeness (QED) is 0.115. The molecule has 0 nitrogen and oxygen atoms in total. The van der Waals surface area contributed by atoms with Crippen LogP contribution in [-0.4, -0.2) is 5.43 Å². The van der Waals surface area contributed by atoms with Crippen molar-refractivity contribution >= 4 is 29.7 Å². The van der Waals surface area contributed by atoms with Crippen molar-refractivity contribution in [1.82, 2.24) is 0 Å². The Hall–Kier alpha value is -3.32. The van der Waals surface area contributed by atoms with E-state index in [1.807, 2.05) is 53.7 Å². The molecule has 64 heavy (non-hydrogen) atoms. The topological polar surface area (TPSA) is 0 Å². The largest absolute Gasteiger partial charge is 1.00 e. The summed E-state index contributed by atoms with van der Waals surface area (Å²) in [6.45, 7) is 16.6. The number of halogens is 14. The molecule has 0 heterocycles. The first kappa shape index (κ1) is 56.8. The molecular weight excluding hydrogens is 995 g/mol. The maximum absolute atomic E-state index is 13.2. The minimum atomic E-state index is -4.88. The number of hydrogen-bond donors (Lipinski definition) is 0. The Kier molecular flexibility index (Phi) is 19.1. The molecule has 4 aromatic rings. The van der Waals surface area contributed by atoms with Crippen LogP contribution in [0, 0.1) is 10.8 Å². The van der Waals surface area contributed by atoms with Crippen molar-refractivity contribution < 1.29 is 101 Å². The molecule has 344 valence electrons. The van der Waals surface area contributed by atoms with Crippen LogP contribution in [0.5, 0.6) is 0 Å². The summed E-state index contributed by atoms with van der Waals surface area (Å²) in [5.41, 5.74) is -3.57. The molecule has 4 aromatic carbocycles. The van der Waals surface area contributed by atoms with Gasteiger partial charge < -0.3 is 24.8 Å². The summed E-state index contributed by atoms with van der Waals surface area (Å²) in [5, 5.41) is 2.40. The summed E-state index contributed by atoms with van der Waals surface area (Å²) in [6, 6.07) is 14.5. The predicted molar refractivity (Wildman–Crippen MR) is 220 cm³/mol. The second-order valence-corrected chi connectivity index (χ2v) is 25.5. The van der Waals surface area contributed by atoms with Crippen LogP contribution in [0.2, 0.25) is 12.6 Å². The Labute approximate surface area is 392 Å². The van der Waals surface area contributed by atoms with Crippen LogP contribution in [0.15, 0.2) is 96.1 Å². The van der Waals surface area contributed by atoms with Gasteiger partial charge in [-0.25, -0.2) is 0 Å². The van der Waals surface area contributed by atoms with Crippen LogP contribution in [-0.2, 0) is 48.0 Å². The zero-order chi connectivity index (χ0) is 46.8. The molecular formula is C48H44Cl2F12SiZr-2. The Morgan fingerprint density at radius 1 is 0.516 bits per heavy atom. The predicted octanol–water partition coefficient (Wildman–Crippen LogP) is 7.20. The zero-order valence-corrected chi connectivity index (χ0v) is 40.9. The second kappa shape index (κ2) is 21.5. The third-order valence-corrected chi connectivity index (χ3v) is 12.1. The minimum Gasteiger partial charge on any atom is -1.00 e. The molecule has 0 saturated carbocycles. The normalized spacial score (nSPS) is 14.8. The van der Waals surface area contributed by atoms with E-state index in [1.54, 1.807) is 59.8 Å². The fourth-order valence-electron chi connectivity index (χ4n) is 6.54. The van der Waals surface area contributed by atoms with Crippen LogP contribution in [0.1, 0.15) is 77.1 Å². The number of benzene rings is 4. The van der Waals surface area contributed by atoms with Gasteiger partial charge >= 0.3 is 79.4 Å². The first-order valence-electron chi connectivity index (χ1n) is 19.3. The first-order chi connectivity index (χ1) is 28.2. The van der Waals surface area contributed by atoms with E-state index < -0.39 is 47.0 Å². The number of rotatable bonds is 4. The molecule has 0 aromatic heterocycles. The molecule has 0 aliphatic heterocycles. The third-order valence-electron chi connectivity index (χ3n) is 8.97. The van der Waals surface area contributed by atoms with Crippen molar-refractivity contribution in [2.45, 2.75) is 92.2 Å². The Balaban J connectivity index is 0.000000380. The van der Waals surface area contributed by atoms with Crippen molar-refractivity contribution in [3.63, 3.8) is 0 Å². The summed E-state index contributed by atoms with van der Waals surface area (Å²) >= 11 is 1.79. The van der Waals surface area contributed by atoms with E-state index in [9.17, 15) is 52.7 Å². The van der Waals surface area contributed by atoms with E-state index in [4.69, 9.17) is 0 Å². The van der Waals surface area contributed by atoms with Gasteiger partial charge in [0.1, 0.15) is 0 Å². The van der Waals surface area contributed by atoms with Gasteiger partial charge in [-0.3, -0.25) is 0 Å². The SMILES string of the molecule is CC(C)(C)C=C1[C-]=c2cccc(-c3cc(C(F)(F)F)cc(C(F)(F)F)c3)c2=C1.CC(C)(C)C=C1[C-]=c2cccc(-c3cc(C(F)(F)F)cc(C(F)(F)F)c3)c2=C1.CCC[Si](C)=[Zr+2].[Cl-].[Cl-]. The van der Waals surface area contributed by atoms with Gasteiger partial charge in [-0.05, 0) is 58.4 Å². The summed E-state index contributed by atoms with van der Waals surface area (Å²) in [7, 11) is 0. The molecule has 0 bridgehead atoms. The van der Waals surface area contributed by atoms with Gasteiger partial charge in [0.2, 0.25) is 0 Å². The molecule has 6 rings (SSSR count). The number of hydrogen-bond acceptors (Lipinski definition) is 0. The molecule has 0 saturated heterocycles. The van der Waals surface area contributed by atoms with E-state index >= 15 is 0 Å². The smallest absolute Gasteiger partial charge is 1.00 e. The van der Waals surface area contributed by atoms with Crippen LogP contribution in [0.25, 0.3) is 46.6 Å². The molecule has 0 radical (unpaired) electrons. The molecule has 0 unspecified atom stereocenters. The van der Waals surface area contributed by atoms with Gasteiger partial charge in [-0.15, -0.1) is 80.6 Å². The number of allylic oxidation sites excluding steroid dienone is 4. The van der Waals surface area contributed by atoms with E-state index in [1.165, 1.54) is 24.6 Å². The number of fused-ring (bicyclic) bond motifs is 2. The average molecular weight is 1040 g/mol. The fourth-order valence-corrected chi connectivity index (χ4v) is 9.13. The first-order valence-corrected chi connectivity index (χ1v) is 25.2. The maximum Gasteiger partial charge on any atom is -1.00 e. The Morgan fingerprint density at radius 2 is 0.812 bits per heavy atom. The van der Waals surface area contributed by atoms with Crippen LogP contribution >= 0.6 is 0 Å². The van der Waals surface area contributed by atoms with E-state index in [0.29, 0.717) is 32.0 Å². The molecule has 16 heteroatoms. The van der Waals surface area contributed by atoms with Gasteiger partial charge in [-0.2, -0.15) is 52.7 Å². The summed E-state index contributed by atoms with van der Waals surface area (Å²) in [6.07, 6.45) is -4.45. The minimum absolute atomic E-state index is 0. The Morgan fingerprint density at radius 3 is 1.03 bits per heavy atom. The molecule has 0 spiro atoms. The van der Waals surface area contributed by atoms with E-state index in [2.05, 4.69) is 25.6 Å². The fraction of sp³-hybridized carbons (Fsp3) is 0.333. The molecule has 0 N–H and O–H groups in total. The molecule has 2 aliphatic carbocycles. The summed E-state index contributed by atoms with van der Waals surface area (Å²) in [5.74, 6) is 0. The van der Waals surface area contributed by atoms with Gasteiger partial charge in [0.05, 0.1) is 22.3 Å². The average Bonchev–Trinajstić information content (AvgIpc) is 3.71. The third kappa shape index (κ3) is 16.2. The molecule has 0 amide bonds. The van der Waals surface area contributed by atoms with Gasteiger partial charge in [0.15, 0.2) is 0 Å². The Bertz CT molecular complexity index is 2400. The summed E-state index contributed by atoms with van der Waals surface area (Å²) < 4.78 is 158. The van der Waals surface area contributed by atoms with E-state index in [0.717, 1.165) is 35.4 Å². The molecule has 0 atom stereocenters. The van der Waals surface area contributed by atoms with Gasteiger partial charge in [0.25, 0.3) is 0 Å². The maximum atomic E-state index is 13.2. The van der Waals surface area contributed by atoms with Crippen molar-refractivity contribution in [3.05, 3.63) is 139 Å². The zero-order valence-electron chi connectivity index (χ0n) is 35.9. The monoisotopic (exact) mass is 1040 g/mol. The van der Waals surface area contributed by atoms with Crippen molar-refractivity contribution in [2.24, 2.45) is 10.8 Å². The summed E-state index contributed by atoms with van der Waals surface area (Å²) in [4.78, 5) is 0. The van der Waals surface area contributed by atoms with Gasteiger partial charge in [0, 0.05) is 0 Å². The van der Waals surface area contributed by atoms with Crippen molar-refractivity contribution in [1.29, 1.82) is 0 Å². The molecule has 2 aliphatic rings. The van der Waals surface area contributed by atoms with Crippen molar-refractivity contribution in [3.8, 4) is 22.3 Å². The van der Waals surface area contributed by atoms with Gasteiger partial charge in [-0.1, -0.05) is 76.9 Å². The van der Waals surface area contributed by atoms with Crippen LogP contribution in [0.4, 0.5) is 52.7 Å². The molecule has 0 fully saturated rings. The standard InChI is InChI=1S/2C22H17F6.C4H10Si.2ClH.Zr/c2*1-20(2,3)12-13-7-14-5-4-6-18(19(14)8-13)15-9-16(21(23,24)25)11-17(10-15)22(26,27)28;1-3-4-5-2;;;/h2*4-6,8-12H,1-3H3;3-4H2,1-2H3;2*1H;/q2*-1;;;;+2/p-2.